The number of carbonyl (C=O) groups excluding carboxylic acids is 1. The second-order valence-electron chi connectivity index (χ2n) is 6.82. The highest BCUT2D eigenvalue weighted by Gasteiger charge is 2.23. The highest BCUT2D eigenvalue weighted by atomic mass is 16.5. The monoisotopic (exact) mass is 373 g/mol. The first-order valence-corrected chi connectivity index (χ1v) is 9.44. The minimum absolute atomic E-state index is 0.00754. The van der Waals surface area contributed by atoms with Gasteiger partial charge in [-0.1, -0.05) is 60.7 Å². The average Bonchev–Trinajstić information content (AvgIpc) is 2.90. The van der Waals surface area contributed by atoms with Crippen LogP contribution in [0.3, 0.4) is 0 Å². The highest BCUT2D eigenvalue weighted by Crippen LogP contribution is 2.35. The number of fused-ring (bicyclic) bond motifs is 1. The predicted octanol–water partition coefficient (Wildman–Crippen LogP) is 4.47. The molecule has 3 aromatic carbocycles. The van der Waals surface area contributed by atoms with Gasteiger partial charge >= 0.3 is 0 Å². The van der Waals surface area contributed by atoms with Gasteiger partial charge in [-0.2, -0.15) is 0 Å². The lowest BCUT2D eigenvalue weighted by Crippen LogP contribution is -2.34. The van der Waals surface area contributed by atoms with Gasteiger partial charge in [0.1, 0.15) is 12.4 Å². The van der Waals surface area contributed by atoms with E-state index in [1.165, 1.54) is 5.56 Å². The maximum Gasteiger partial charge on any atom is 0.253 e. The summed E-state index contributed by atoms with van der Waals surface area (Å²) >= 11 is 0. The average molecular weight is 373 g/mol. The lowest BCUT2D eigenvalue weighted by molar-refractivity contribution is -0.123. The van der Waals surface area contributed by atoms with Crippen LogP contribution in [0.5, 0.6) is 5.75 Å². The molecule has 4 heteroatoms. The first-order chi connectivity index (χ1) is 13.8. The molecule has 0 atom stereocenters. The van der Waals surface area contributed by atoms with Crippen molar-refractivity contribution < 1.29 is 14.3 Å². The molecule has 4 nitrogen and oxygen atoms in total. The van der Waals surface area contributed by atoms with Crippen LogP contribution in [0.4, 0.5) is 5.69 Å². The van der Waals surface area contributed by atoms with Gasteiger partial charge in [-0.15, -0.1) is 0 Å². The zero-order valence-corrected chi connectivity index (χ0v) is 15.9. The first-order valence-electron chi connectivity index (χ1n) is 9.44. The fourth-order valence-corrected chi connectivity index (χ4v) is 3.58. The summed E-state index contributed by atoms with van der Waals surface area (Å²) in [5, 5.41) is 0. The minimum Gasteiger partial charge on any atom is -0.496 e. The molecule has 28 heavy (non-hydrogen) atoms. The van der Waals surface area contributed by atoms with Crippen molar-refractivity contribution in [3.63, 3.8) is 0 Å². The van der Waals surface area contributed by atoms with Gasteiger partial charge < -0.3 is 14.4 Å². The van der Waals surface area contributed by atoms with Crippen molar-refractivity contribution in [3.05, 3.63) is 83.9 Å². The van der Waals surface area contributed by atoms with Gasteiger partial charge in [-0.05, 0) is 29.7 Å². The molecular weight excluding hydrogens is 350 g/mol. The van der Waals surface area contributed by atoms with E-state index in [9.17, 15) is 4.79 Å². The Kier molecular flexibility index (Phi) is 5.40. The van der Waals surface area contributed by atoms with Crippen molar-refractivity contribution in [2.75, 3.05) is 25.2 Å². The summed E-state index contributed by atoms with van der Waals surface area (Å²) in [6.07, 6.45) is 0.797. The van der Waals surface area contributed by atoms with E-state index in [4.69, 9.17) is 9.47 Å². The van der Waals surface area contributed by atoms with Crippen LogP contribution in [0.15, 0.2) is 72.8 Å². The lowest BCUT2D eigenvalue weighted by Gasteiger charge is -2.23. The molecule has 0 N–H and O–H groups in total. The van der Waals surface area contributed by atoms with Crippen molar-refractivity contribution in [3.8, 4) is 16.9 Å². The third-order valence-electron chi connectivity index (χ3n) is 5.05. The highest BCUT2D eigenvalue weighted by molar-refractivity contribution is 5.96. The maximum absolute atomic E-state index is 12.7. The summed E-state index contributed by atoms with van der Waals surface area (Å²) in [5.74, 6) is 0.807. The molecule has 0 aromatic heterocycles. The van der Waals surface area contributed by atoms with Gasteiger partial charge in [0.25, 0.3) is 5.91 Å². The second kappa shape index (κ2) is 8.28. The number of carbonyl (C=O) groups is 1. The van der Waals surface area contributed by atoms with Crippen LogP contribution in [0, 0.1) is 0 Å². The summed E-state index contributed by atoms with van der Waals surface area (Å²) in [6, 6.07) is 24.3. The number of benzene rings is 3. The first kappa shape index (κ1) is 18.3. The predicted molar refractivity (Wildman–Crippen MR) is 111 cm³/mol. The summed E-state index contributed by atoms with van der Waals surface area (Å²) in [6.45, 7) is 1.16. The molecule has 1 heterocycles. The van der Waals surface area contributed by atoms with Crippen LogP contribution >= 0.6 is 0 Å². The zero-order chi connectivity index (χ0) is 19.3. The Morgan fingerprint density at radius 3 is 2.57 bits per heavy atom. The minimum atomic E-state index is -0.00754. The van der Waals surface area contributed by atoms with E-state index in [1.54, 1.807) is 7.11 Å². The number of nitrogens with zero attached hydrogens (tertiary/aromatic N) is 1. The third-order valence-corrected chi connectivity index (χ3v) is 5.05. The summed E-state index contributed by atoms with van der Waals surface area (Å²) in [4.78, 5) is 14.6. The van der Waals surface area contributed by atoms with Crippen LogP contribution in [-0.2, 0) is 22.6 Å². The maximum atomic E-state index is 12.7. The Balaban J connectivity index is 1.70. The van der Waals surface area contributed by atoms with Crippen LogP contribution in [-0.4, -0.2) is 26.2 Å². The van der Waals surface area contributed by atoms with E-state index in [0.29, 0.717) is 13.2 Å². The van der Waals surface area contributed by atoms with Gasteiger partial charge in [0.15, 0.2) is 0 Å². The molecule has 3 aromatic rings. The SMILES string of the molecule is COc1ccccc1-c1ccc2c(c1)N(CCc1ccccc1)C(=O)COC2. The van der Waals surface area contributed by atoms with E-state index in [0.717, 1.165) is 34.5 Å². The Bertz CT molecular complexity index is 969. The number of para-hydroxylation sites is 1. The number of amides is 1. The van der Waals surface area contributed by atoms with Gasteiger partial charge in [0.2, 0.25) is 0 Å². The molecule has 0 spiro atoms. The topological polar surface area (TPSA) is 38.8 Å². The molecule has 0 fully saturated rings. The van der Waals surface area contributed by atoms with Crippen molar-refractivity contribution in [1.82, 2.24) is 0 Å². The molecule has 142 valence electrons. The zero-order valence-electron chi connectivity index (χ0n) is 15.9. The van der Waals surface area contributed by atoms with E-state index < -0.39 is 0 Å². The molecule has 0 unspecified atom stereocenters. The van der Waals surface area contributed by atoms with Crippen molar-refractivity contribution >= 4 is 11.6 Å². The Labute approximate surface area is 165 Å². The van der Waals surface area contributed by atoms with Gasteiger partial charge in [-0.25, -0.2) is 0 Å². The summed E-state index contributed by atoms with van der Waals surface area (Å²) < 4.78 is 11.1. The quantitative estimate of drug-likeness (QED) is 0.662. The third kappa shape index (κ3) is 3.78. The van der Waals surface area contributed by atoms with E-state index in [1.807, 2.05) is 53.4 Å². The van der Waals surface area contributed by atoms with Gasteiger partial charge in [-0.3, -0.25) is 4.79 Å². The van der Waals surface area contributed by atoms with Gasteiger partial charge in [0.05, 0.1) is 13.7 Å². The van der Waals surface area contributed by atoms with Crippen LogP contribution in [0.2, 0.25) is 0 Å². The smallest absolute Gasteiger partial charge is 0.253 e. The molecule has 0 saturated carbocycles. The van der Waals surface area contributed by atoms with Crippen LogP contribution in [0.1, 0.15) is 11.1 Å². The Hall–Kier alpha value is -3.11. The normalized spacial score (nSPS) is 13.8. The van der Waals surface area contributed by atoms with Crippen molar-refractivity contribution in [2.45, 2.75) is 13.0 Å². The second-order valence-corrected chi connectivity index (χ2v) is 6.82. The molecular formula is C24H23NO3. The molecule has 0 bridgehead atoms. The van der Waals surface area contributed by atoms with E-state index in [-0.39, 0.29) is 12.5 Å². The number of rotatable bonds is 5. The Morgan fingerprint density at radius 1 is 0.964 bits per heavy atom. The standard InChI is InChI=1S/C24H23NO3/c1-27-23-10-6-5-9-21(23)19-11-12-20-16-28-17-24(26)25(22(20)15-19)14-13-18-7-3-2-4-8-18/h2-12,15H,13-14,16-17H2,1H3. The van der Waals surface area contributed by atoms with Crippen LogP contribution < -0.4 is 9.64 Å². The van der Waals surface area contributed by atoms with Crippen molar-refractivity contribution in [2.24, 2.45) is 0 Å². The fraction of sp³-hybridized carbons (Fsp3) is 0.208. The largest absolute Gasteiger partial charge is 0.496 e. The van der Waals surface area contributed by atoms with Gasteiger partial charge in [0, 0.05) is 23.4 Å². The fourth-order valence-electron chi connectivity index (χ4n) is 3.58. The molecule has 1 amide bonds. The van der Waals surface area contributed by atoms with E-state index in [2.05, 4.69) is 24.3 Å². The molecule has 0 radical (unpaired) electrons. The number of anilines is 1. The van der Waals surface area contributed by atoms with E-state index >= 15 is 0 Å². The lowest BCUT2D eigenvalue weighted by atomic mass is 10.0. The molecule has 0 saturated heterocycles. The number of methoxy groups -OCH3 is 1. The summed E-state index contributed by atoms with van der Waals surface area (Å²) in [5.41, 5.74) is 5.19. The molecule has 1 aliphatic heterocycles. The number of hydrogen-bond acceptors (Lipinski definition) is 3. The Morgan fingerprint density at radius 2 is 1.75 bits per heavy atom. The molecule has 0 aliphatic carbocycles. The molecule has 4 rings (SSSR count). The van der Waals surface area contributed by atoms with Crippen molar-refractivity contribution in [1.29, 1.82) is 0 Å². The number of hydrogen-bond donors (Lipinski definition) is 0. The van der Waals surface area contributed by atoms with Crippen LogP contribution in [0.25, 0.3) is 11.1 Å². The summed E-state index contributed by atoms with van der Waals surface area (Å²) in [7, 11) is 1.67. The molecule has 1 aliphatic rings. The number of ether oxygens (including phenoxy) is 2.